The van der Waals surface area contributed by atoms with Gasteiger partial charge in [0.05, 0.1) is 12.7 Å². The van der Waals surface area contributed by atoms with Crippen molar-refractivity contribution in [2.75, 3.05) is 6.61 Å². The molecule has 0 aliphatic carbocycles. The molecule has 1 unspecified atom stereocenters. The maximum atomic E-state index is 5.72. The zero-order valence-corrected chi connectivity index (χ0v) is 12.8. The Hall–Kier alpha value is -2.99. The molecule has 0 radical (unpaired) electrons. The van der Waals surface area contributed by atoms with Crippen LogP contribution < -0.4 is 9.47 Å². The number of nitrogens with zero attached hydrogens (tertiary/aromatic N) is 3. The summed E-state index contributed by atoms with van der Waals surface area (Å²) in [6.07, 6.45) is 0.778. The first-order valence-electron chi connectivity index (χ1n) is 7.67. The van der Waals surface area contributed by atoms with Gasteiger partial charge in [-0.25, -0.2) is 0 Å². The smallest absolute Gasteiger partial charge is 0.328 e. The molecule has 24 heavy (non-hydrogen) atoms. The summed E-state index contributed by atoms with van der Waals surface area (Å²) < 4.78 is 16.7. The molecule has 1 saturated heterocycles. The van der Waals surface area contributed by atoms with Gasteiger partial charge in [-0.3, -0.25) is 0 Å². The lowest BCUT2D eigenvalue weighted by Crippen LogP contribution is -2.06. The van der Waals surface area contributed by atoms with E-state index in [0.29, 0.717) is 23.7 Å². The van der Waals surface area contributed by atoms with E-state index >= 15 is 0 Å². The third-order valence-electron chi connectivity index (χ3n) is 3.36. The fourth-order valence-electron chi connectivity index (χ4n) is 2.14. The first kappa shape index (κ1) is 14.6. The first-order chi connectivity index (χ1) is 11.8. The van der Waals surface area contributed by atoms with Crippen LogP contribution in [0.4, 0.5) is 0 Å². The Morgan fingerprint density at radius 3 is 1.75 bits per heavy atom. The van der Waals surface area contributed by atoms with E-state index in [0.717, 1.165) is 6.61 Å². The van der Waals surface area contributed by atoms with Crippen molar-refractivity contribution in [2.24, 2.45) is 0 Å². The van der Waals surface area contributed by atoms with Crippen LogP contribution in [0, 0.1) is 0 Å². The molecule has 1 aliphatic rings. The van der Waals surface area contributed by atoms with Gasteiger partial charge in [0.2, 0.25) is 0 Å². The van der Waals surface area contributed by atoms with Gasteiger partial charge in [0.15, 0.2) is 0 Å². The third kappa shape index (κ3) is 3.85. The predicted octanol–water partition coefficient (Wildman–Crippen LogP) is 3.40. The lowest BCUT2D eigenvalue weighted by Gasteiger charge is -2.08. The van der Waals surface area contributed by atoms with Gasteiger partial charge < -0.3 is 14.2 Å². The van der Waals surface area contributed by atoms with Gasteiger partial charge in [-0.15, -0.1) is 4.98 Å². The van der Waals surface area contributed by atoms with Crippen molar-refractivity contribution in [2.45, 2.75) is 12.5 Å². The Balaban J connectivity index is 1.60. The highest BCUT2D eigenvalue weighted by molar-refractivity contribution is 5.27. The van der Waals surface area contributed by atoms with Crippen molar-refractivity contribution < 1.29 is 14.2 Å². The summed E-state index contributed by atoms with van der Waals surface area (Å²) >= 11 is 0. The van der Waals surface area contributed by atoms with Crippen molar-refractivity contribution >= 4 is 0 Å². The van der Waals surface area contributed by atoms with Gasteiger partial charge in [0.25, 0.3) is 0 Å². The van der Waals surface area contributed by atoms with Crippen LogP contribution in [-0.2, 0) is 11.2 Å². The van der Waals surface area contributed by atoms with E-state index in [1.54, 1.807) is 0 Å². The Morgan fingerprint density at radius 1 is 0.792 bits per heavy atom. The van der Waals surface area contributed by atoms with Gasteiger partial charge in [-0.2, -0.15) is 9.97 Å². The van der Waals surface area contributed by atoms with Crippen LogP contribution in [0.1, 0.15) is 5.82 Å². The minimum absolute atomic E-state index is 0.168. The molecule has 1 aromatic heterocycles. The van der Waals surface area contributed by atoms with Crippen molar-refractivity contribution in [1.29, 1.82) is 0 Å². The zero-order chi connectivity index (χ0) is 16.2. The predicted molar refractivity (Wildman–Crippen MR) is 86.3 cm³/mol. The summed E-state index contributed by atoms with van der Waals surface area (Å²) in [7, 11) is 0. The molecular weight excluding hydrogens is 306 g/mol. The number of rotatable bonds is 6. The summed E-state index contributed by atoms with van der Waals surface area (Å²) in [4.78, 5) is 12.9. The van der Waals surface area contributed by atoms with Gasteiger partial charge in [-0.05, 0) is 24.3 Å². The average Bonchev–Trinajstić information content (AvgIpc) is 3.40. The summed E-state index contributed by atoms with van der Waals surface area (Å²) in [6.45, 7) is 0.732. The number of ether oxygens (including phenoxy) is 3. The van der Waals surface area contributed by atoms with Crippen LogP contribution in [0.15, 0.2) is 60.7 Å². The number of para-hydroxylation sites is 2. The third-order valence-corrected chi connectivity index (χ3v) is 3.36. The van der Waals surface area contributed by atoms with Crippen molar-refractivity contribution in [3.63, 3.8) is 0 Å². The minimum Gasteiger partial charge on any atom is -0.424 e. The number of epoxide rings is 1. The second-order valence-electron chi connectivity index (χ2n) is 5.31. The highest BCUT2D eigenvalue weighted by Crippen LogP contribution is 2.23. The van der Waals surface area contributed by atoms with Crippen LogP contribution in [-0.4, -0.2) is 27.7 Å². The molecule has 0 amide bonds. The summed E-state index contributed by atoms with van der Waals surface area (Å²) in [6, 6.07) is 19.1. The average molecular weight is 321 g/mol. The van der Waals surface area contributed by atoms with Gasteiger partial charge in [0.1, 0.15) is 17.3 Å². The van der Waals surface area contributed by atoms with Crippen LogP contribution in [0.5, 0.6) is 23.5 Å². The Morgan fingerprint density at radius 2 is 1.29 bits per heavy atom. The van der Waals surface area contributed by atoms with E-state index in [9.17, 15) is 0 Å². The van der Waals surface area contributed by atoms with Crippen LogP contribution in [0.2, 0.25) is 0 Å². The maximum Gasteiger partial charge on any atom is 0.328 e. The topological polar surface area (TPSA) is 69.7 Å². The molecule has 120 valence electrons. The molecule has 0 bridgehead atoms. The molecule has 2 heterocycles. The molecule has 1 aliphatic heterocycles. The highest BCUT2D eigenvalue weighted by atomic mass is 16.6. The molecule has 0 N–H and O–H groups in total. The largest absolute Gasteiger partial charge is 0.424 e. The Bertz CT molecular complexity index is 749. The summed E-state index contributed by atoms with van der Waals surface area (Å²) in [5, 5.41) is 0. The quantitative estimate of drug-likeness (QED) is 0.648. The van der Waals surface area contributed by atoms with E-state index in [1.165, 1.54) is 0 Å². The minimum atomic E-state index is 0.168. The lowest BCUT2D eigenvalue weighted by molar-refractivity contribution is 0.381. The van der Waals surface area contributed by atoms with Crippen LogP contribution >= 0.6 is 0 Å². The second-order valence-corrected chi connectivity index (χ2v) is 5.31. The Labute approximate surface area is 139 Å². The molecule has 4 rings (SSSR count). The molecule has 0 spiro atoms. The molecule has 0 saturated carbocycles. The van der Waals surface area contributed by atoms with E-state index in [-0.39, 0.29) is 18.1 Å². The lowest BCUT2D eigenvalue weighted by atomic mass is 10.3. The van der Waals surface area contributed by atoms with Crippen LogP contribution in [0.25, 0.3) is 0 Å². The molecule has 1 atom stereocenters. The SMILES string of the molecule is c1ccc(Oc2nc(CC3CO3)nc(Oc3ccccc3)n2)cc1. The maximum absolute atomic E-state index is 5.72. The Kier molecular flexibility index (Phi) is 4.04. The van der Waals surface area contributed by atoms with Crippen molar-refractivity contribution in [3.05, 3.63) is 66.5 Å². The monoisotopic (exact) mass is 321 g/mol. The molecule has 3 aromatic rings. The normalized spacial score (nSPS) is 15.8. The fourth-order valence-corrected chi connectivity index (χ4v) is 2.14. The summed E-state index contributed by atoms with van der Waals surface area (Å²) in [5.41, 5.74) is 0. The molecule has 1 fully saturated rings. The molecule has 6 heteroatoms. The van der Waals surface area contributed by atoms with Crippen molar-refractivity contribution in [3.8, 4) is 23.5 Å². The number of hydrogen-bond acceptors (Lipinski definition) is 6. The standard InChI is InChI=1S/C18H15N3O3/c1-3-7-13(8-4-1)23-17-19-16(11-15-12-22-15)20-18(21-17)24-14-9-5-2-6-10-14/h1-10,15H,11-12H2. The van der Waals surface area contributed by atoms with E-state index in [2.05, 4.69) is 15.0 Å². The van der Waals surface area contributed by atoms with E-state index in [4.69, 9.17) is 14.2 Å². The van der Waals surface area contributed by atoms with Crippen molar-refractivity contribution in [1.82, 2.24) is 15.0 Å². The van der Waals surface area contributed by atoms with Gasteiger partial charge >= 0.3 is 12.0 Å². The van der Waals surface area contributed by atoms with Crippen LogP contribution in [0.3, 0.4) is 0 Å². The second kappa shape index (κ2) is 6.64. The van der Waals surface area contributed by atoms with Gasteiger partial charge in [-0.1, -0.05) is 36.4 Å². The first-order valence-corrected chi connectivity index (χ1v) is 7.67. The zero-order valence-electron chi connectivity index (χ0n) is 12.8. The fraction of sp³-hybridized carbons (Fsp3) is 0.167. The van der Waals surface area contributed by atoms with E-state index in [1.807, 2.05) is 60.7 Å². The molecular formula is C18H15N3O3. The molecule has 2 aromatic carbocycles. The number of aromatic nitrogens is 3. The van der Waals surface area contributed by atoms with Gasteiger partial charge in [0, 0.05) is 6.42 Å². The van der Waals surface area contributed by atoms with E-state index < -0.39 is 0 Å². The number of benzene rings is 2. The molecule has 6 nitrogen and oxygen atoms in total. The summed E-state index contributed by atoms with van der Waals surface area (Å²) in [5.74, 6) is 1.90. The number of hydrogen-bond donors (Lipinski definition) is 0. The highest BCUT2D eigenvalue weighted by Gasteiger charge is 2.25.